The molecule has 2 heterocycles. The monoisotopic (exact) mass is 314 g/mol. The molecule has 1 saturated heterocycles. The van der Waals surface area contributed by atoms with E-state index in [0.717, 1.165) is 25.9 Å². The van der Waals surface area contributed by atoms with Crippen molar-refractivity contribution >= 4 is 10.0 Å². The van der Waals surface area contributed by atoms with Crippen molar-refractivity contribution in [2.75, 3.05) is 26.2 Å². The fraction of sp³-hybridized carbons (Fsp3) is 0.786. The molecule has 1 aromatic heterocycles. The van der Waals surface area contributed by atoms with Gasteiger partial charge in [0.25, 0.3) is 10.0 Å². The van der Waals surface area contributed by atoms with Gasteiger partial charge in [-0.15, -0.1) is 0 Å². The van der Waals surface area contributed by atoms with Gasteiger partial charge in [0.1, 0.15) is 5.82 Å². The highest BCUT2D eigenvalue weighted by Crippen LogP contribution is 2.22. The smallest absolute Gasteiger partial charge is 0.260 e. The summed E-state index contributed by atoms with van der Waals surface area (Å²) in [4.78, 5) is 6.82. The number of nitrogens with one attached hydrogen (secondary N) is 2. The van der Waals surface area contributed by atoms with Crippen LogP contribution in [0.2, 0.25) is 0 Å². The largest absolute Gasteiger partial charge is 0.332 e. The Hall–Kier alpha value is -0.920. The van der Waals surface area contributed by atoms with Crippen LogP contribution >= 0.6 is 0 Å². The number of nitrogens with zero attached hydrogens (tertiary/aromatic N) is 2. The lowest BCUT2D eigenvalue weighted by Gasteiger charge is -2.31. The van der Waals surface area contributed by atoms with Gasteiger partial charge in [0.2, 0.25) is 0 Å². The van der Waals surface area contributed by atoms with Gasteiger partial charge in [-0.3, -0.25) is 0 Å². The van der Waals surface area contributed by atoms with E-state index in [-0.39, 0.29) is 5.03 Å². The molecule has 1 aliphatic rings. The highest BCUT2D eigenvalue weighted by atomic mass is 32.2. The molecule has 0 amide bonds. The van der Waals surface area contributed by atoms with Crippen LogP contribution in [0.4, 0.5) is 0 Å². The van der Waals surface area contributed by atoms with Crippen molar-refractivity contribution in [2.45, 2.75) is 38.6 Å². The number of aryl methyl sites for hydroxylation is 1. The summed E-state index contributed by atoms with van der Waals surface area (Å²) in [6.07, 6.45) is 3.41. The SMILES string of the molecule is Cc1ncc(S(=O)(=O)N2CCCC(CNCC(C)C)C2)[nH]1. The maximum atomic E-state index is 12.6. The van der Waals surface area contributed by atoms with Crippen LogP contribution < -0.4 is 5.32 Å². The van der Waals surface area contributed by atoms with Crippen molar-refractivity contribution in [2.24, 2.45) is 11.8 Å². The maximum absolute atomic E-state index is 12.6. The second-order valence-electron chi connectivity index (χ2n) is 6.26. The zero-order chi connectivity index (χ0) is 15.5. The summed E-state index contributed by atoms with van der Waals surface area (Å²) in [6, 6.07) is 0. The molecule has 1 aliphatic heterocycles. The lowest BCUT2D eigenvalue weighted by Crippen LogP contribution is -2.43. The van der Waals surface area contributed by atoms with Crippen LogP contribution in [0.15, 0.2) is 11.2 Å². The van der Waals surface area contributed by atoms with Gasteiger partial charge in [-0.05, 0) is 44.7 Å². The molecule has 1 aromatic rings. The van der Waals surface area contributed by atoms with Crippen molar-refractivity contribution < 1.29 is 8.42 Å². The van der Waals surface area contributed by atoms with Crippen molar-refractivity contribution in [3.63, 3.8) is 0 Å². The summed E-state index contributed by atoms with van der Waals surface area (Å²) < 4.78 is 26.7. The molecule has 0 radical (unpaired) electrons. The Kier molecular flexibility index (Phi) is 5.40. The topological polar surface area (TPSA) is 78.1 Å². The van der Waals surface area contributed by atoms with Crippen LogP contribution in [0.3, 0.4) is 0 Å². The third-order valence-electron chi connectivity index (χ3n) is 3.76. The summed E-state index contributed by atoms with van der Waals surface area (Å²) in [6.45, 7) is 9.14. The molecule has 21 heavy (non-hydrogen) atoms. The average Bonchev–Trinajstić information content (AvgIpc) is 2.86. The molecule has 1 fully saturated rings. The van der Waals surface area contributed by atoms with Crippen molar-refractivity contribution in [3.8, 4) is 0 Å². The second kappa shape index (κ2) is 6.89. The van der Waals surface area contributed by atoms with Crippen LogP contribution in [0, 0.1) is 18.8 Å². The van der Waals surface area contributed by atoms with Gasteiger partial charge in [0.05, 0.1) is 6.20 Å². The number of imidazole rings is 1. The Labute approximate surface area is 127 Å². The minimum Gasteiger partial charge on any atom is -0.332 e. The van der Waals surface area contributed by atoms with Gasteiger partial charge in [0.15, 0.2) is 5.03 Å². The van der Waals surface area contributed by atoms with Gasteiger partial charge in [0, 0.05) is 13.1 Å². The molecule has 0 aromatic carbocycles. The molecular formula is C14H26N4O2S. The zero-order valence-electron chi connectivity index (χ0n) is 13.1. The number of hydrogen-bond donors (Lipinski definition) is 2. The molecule has 2 rings (SSSR count). The predicted octanol–water partition coefficient (Wildman–Crippen LogP) is 1.36. The minimum atomic E-state index is -3.43. The van der Waals surface area contributed by atoms with E-state index in [1.165, 1.54) is 6.20 Å². The van der Waals surface area contributed by atoms with E-state index >= 15 is 0 Å². The third kappa shape index (κ3) is 4.28. The summed E-state index contributed by atoms with van der Waals surface area (Å²) >= 11 is 0. The van der Waals surface area contributed by atoms with Crippen LogP contribution in [0.5, 0.6) is 0 Å². The van der Waals surface area contributed by atoms with Gasteiger partial charge in [-0.2, -0.15) is 4.31 Å². The van der Waals surface area contributed by atoms with E-state index in [2.05, 4.69) is 29.1 Å². The Bertz CT molecular complexity index is 553. The Balaban J connectivity index is 1.97. The van der Waals surface area contributed by atoms with Crippen LogP contribution in [-0.2, 0) is 10.0 Å². The Morgan fingerprint density at radius 3 is 2.90 bits per heavy atom. The molecule has 120 valence electrons. The summed E-state index contributed by atoms with van der Waals surface area (Å²) in [5.74, 6) is 1.62. The van der Waals surface area contributed by atoms with E-state index in [1.54, 1.807) is 11.2 Å². The number of aromatic amines is 1. The number of hydrogen-bond acceptors (Lipinski definition) is 4. The molecule has 0 aliphatic carbocycles. The number of aromatic nitrogens is 2. The van der Waals surface area contributed by atoms with Gasteiger partial charge >= 0.3 is 0 Å². The van der Waals surface area contributed by atoms with Crippen molar-refractivity contribution in [1.82, 2.24) is 19.6 Å². The van der Waals surface area contributed by atoms with E-state index in [4.69, 9.17) is 0 Å². The molecule has 0 bridgehead atoms. The summed E-state index contributed by atoms with van der Waals surface area (Å²) in [7, 11) is -3.43. The average molecular weight is 314 g/mol. The molecule has 1 atom stereocenters. The first-order valence-electron chi connectivity index (χ1n) is 7.62. The summed E-state index contributed by atoms with van der Waals surface area (Å²) in [5.41, 5.74) is 0. The molecular weight excluding hydrogens is 288 g/mol. The van der Waals surface area contributed by atoms with E-state index < -0.39 is 10.0 Å². The van der Waals surface area contributed by atoms with Crippen LogP contribution in [0.1, 0.15) is 32.5 Å². The fourth-order valence-corrected chi connectivity index (χ4v) is 4.17. The lowest BCUT2D eigenvalue weighted by atomic mass is 9.99. The van der Waals surface area contributed by atoms with Crippen LogP contribution in [0.25, 0.3) is 0 Å². The fourth-order valence-electron chi connectivity index (χ4n) is 2.66. The van der Waals surface area contributed by atoms with E-state index in [1.807, 2.05) is 0 Å². The normalized spacial score (nSPS) is 21.0. The molecule has 1 unspecified atom stereocenters. The standard InChI is InChI=1S/C14H26N4O2S/c1-11(2)7-15-8-13-5-4-6-18(10-13)21(19,20)14-9-16-12(3)17-14/h9,11,13,15H,4-8,10H2,1-3H3,(H,16,17). The van der Waals surface area contributed by atoms with Gasteiger partial charge in [-0.25, -0.2) is 13.4 Å². The van der Waals surface area contributed by atoms with E-state index in [9.17, 15) is 8.42 Å². The number of H-pyrrole nitrogens is 1. The Morgan fingerprint density at radius 1 is 1.52 bits per heavy atom. The van der Waals surface area contributed by atoms with Crippen LogP contribution in [-0.4, -0.2) is 48.9 Å². The lowest BCUT2D eigenvalue weighted by molar-refractivity contribution is 0.258. The Morgan fingerprint density at radius 2 is 2.29 bits per heavy atom. The first-order chi connectivity index (χ1) is 9.89. The maximum Gasteiger partial charge on any atom is 0.260 e. The van der Waals surface area contributed by atoms with Crippen molar-refractivity contribution in [3.05, 3.63) is 12.0 Å². The summed E-state index contributed by atoms with van der Waals surface area (Å²) in [5, 5.41) is 3.63. The second-order valence-corrected chi connectivity index (χ2v) is 8.16. The number of sulfonamides is 1. The molecule has 0 saturated carbocycles. The minimum absolute atomic E-state index is 0.204. The first kappa shape index (κ1) is 16.5. The van der Waals surface area contributed by atoms with Gasteiger partial charge < -0.3 is 10.3 Å². The molecule has 7 heteroatoms. The van der Waals surface area contributed by atoms with Crippen molar-refractivity contribution in [1.29, 1.82) is 0 Å². The number of piperidine rings is 1. The predicted molar refractivity (Wildman–Crippen MR) is 82.5 cm³/mol. The van der Waals surface area contributed by atoms with Gasteiger partial charge in [-0.1, -0.05) is 13.8 Å². The van der Waals surface area contributed by atoms with E-state index in [0.29, 0.717) is 30.7 Å². The molecule has 2 N–H and O–H groups in total. The number of rotatable bonds is 6. The zero-order valence-corrected chi connectivity index (χ0v) is 13.9. The third-order valence-corrected chi connectivity index (χ3v) is 5.54. The highest BCUT2D eigenvalue weighted by molar-refractivity contribution is 7.89. The first-order valence-corrected chi connectivity index (χ1v) is 9.06. The molecule has 0 spiro atoms. The quantitative estimate of drug-likeness (QED) is 0.831. The molecule has 6 nitrogen and oxygen atoms in total. The highest BCUT2D eigenvalue weighted by Gasteiger charge is 2.31.